The first-order valence-corrected chi connectivity index (χ1v) is 6.28. The summed E-state index contributed by atoms with van der Waals surface area (Å²) in [6.07, 6.45) is 3.51. The molecule has 0 N–H and O–H groups in total. The molecule has 0 saturated heterocycles. The molecule has 0 saturated carbocycles. The Labute approximate surface area is 108 Å². The van der Waals surface area contributed by atoms with Gasteiger partial charge in [0.2, 0.25) is 0 Å². The van der Waals surface area contributed by atoms with Crippen LogP contribution in [0, 0.1) is 0 Å². The smallest absolute Gasteiger partial charge is 0.116 e. The molecule has 0 spiro atoms. The molecule has 0 bridgehead atoms. The van der Waals surface area contributed by atoms with E-state index in [0.29, 0.717) is 0 Å². The first-order chi connectivity index (χ1) is 9.45. The lowest BCUT2D eigenvalue weighted by Gasteiger charge is -1.94. The van der Waals surface area contributed by atoms with Crippen molar-refractivity contribution in [2.75, 3.05) is 0 Å². The van der Waals surface area contributed by atoms with Crippen LogP contribution in [0.4, 0.5) is 0 Å². The Balaban J connectivity index is 2.32. The molecule has 0 aliphatic rings. The highest BCUT2D eigenvalue weighted by Gasteiger charge is 2.16. The first-order valence-electron chi connectivity index (χ1n) is 6.28. The molecule has 19 heavy (non-hydrogen) atoms. The lowest BCUT2D eigenvalue weighted by Crippen LogP contribution is -1.82. The monoisotopic (exact) mass is 243 g/mol. The van der Waals surface area contributed by atoms with Crippen LogP contribution in [-0.2, 0) is 0 Å². The predicted octanol–water partition coefficient (Wildman–Crippen LogP) is 3.63. The summed E-state index contributed by atoms with van der Waals surface area (Å²) in [5.74, 6) is 0. The second kappa shape index (κ2) is 3.01. The lowest BCUT2D eigenvalue weighted by molar-refractivity contribution is 1.21. The molecule has 0 unspecified atom stereocenters. The van der Waals surface area contributed by atoms with Crippen LogP contribution in [0.5, 0.6) is 0 Å². The maximum absolute atomic E-state index is 4.45. The fourth-order valence-corrected chi connectivity index (χ4v) is 3.15. The van der Waals surface area contributed by atoms with Crippen molar-refractivity contribution in [2.24, 2.45) is 0 Å². The fraction of sp³-hybridized carbons (Fsp3) is 0. The summed E-state index contributed by atoms with van der Waals surface area (Å²) in [7, 11) is 0. The minimum atomic E-state index is 1.03. The van der Waals surface area contributed by atoms with Crippen molar-refractivity contribution in [3.63, 3.8) is 0 Å². The van der Waals surface area contributed by atoms with Gasteiger partial charge in [0.25, 0.3) is 0 Å². The van der Waals surface area contributed by atoms with Gasteiger partial charge in [-0.3, -0.25) is 0 Å². The molecule has 0 radical (unpaired) electrons. The van der Waals surface area contributed by atoms with Crippen LogP contribution in [0.25, 0.3) is 38.2 Å². The number of hydrogen-bond acceptors (Lipinski definition) is 2. The molecular formula is C16H9N3. The Bertz CT molecular complexity index is 979. The second-order valence-electron chi connectivity index (χ2n) is 4.81. The molecule has 3 nitrogen and oxygen atoms in total. The molecule has 5 rings (SSSR count). The molecule has 2 aromatic carbocycles. The summed E-state index contributed by atoms with van der Waals surface area (Å²) in [6.45, 7) is 0. The molecule has 3 heterocycles. The Hall–Kier alpha value is -2.68. The largest absolute Gasteiger partial charge is 0.305 e. The zero-order valence-electron chi connectivity index (χ0n) is 10.0. The third-order valence-corrected chi connectivity index (χ3v) is 3.88. The highest BCUT2D eigenvalue weighted by molar-refractivity contribution is 6.22. The Morgan fingerprint density at radius 1 is 0.789 bits per heavy atom. The highest BCUT2D eigenvalue weighted by atomic mass is 15.0. The van der Waals surface area contributed by atoms with Gasteiger partial charge in [-0.25, -0.2) is 9.97 Å². The molecular weight excluding hydrogens is 234 g/mol. The third kappa shape index (κ3) is 0.956. The molecule has 0 aliphatic heterocycles. The molecule has 5 aromatic rings. The van der Waals surface area contributed by atoms with Crippen LogP contribution in [0.15, 0.2) is 55.0 Å². The number of nitrogens with zero attached hydrogens (tertiary/aromatic N) is 3. The van der Waals surface area contributed by atoms with E-state index in [2.05, 4.69) is 56.8 Å². The standard InChI is InChI=1S/C16H9N3/c1-2-7-13-10(4-1)11-5-3-6-12-15-14(8-17-9-18-15)19(13)16(11)12/h1-9H. The normalized spacial score (nSPS) is 12.2. The van der Waals surface area contributed by atoms with Gasteiger partial charge in [0.05, 0.1) is 28.3 Å². The van der Waals surface area contributed by atoms with Gasteiger partial charge < -0.3 is 4.40 Å². The van der Waals surface area contributed by atoms with Crippen molar-refractivity contribution >= 4 is 38.2 Å². The van der Waals surface area contributed by atoms with Crippen molar-refractivity contribution in [3.8, 4) is 0 Å². The van der Waals surface area contributed by atoms with Gasteiger partial charge in [-0.15, -0.1) is 0 Å². The molecule has 3 heteroatoms. The van der Waals surface area contributed by atoms with Gasteiger partial charge in [-0.05, 0) is 6.07 Å². The minimum Gasteiger partial charge on any atom is -0.305 e. The Kier molecular flexibility index (Phi) is 1.47. The van der Waals surface area contributed by atoms with Gasteiger partial charge in [-0.2, -0.15) is 0 Å². The number of aromatic nitrogens is 3. The van der Waals surface area contributed by atoms with E-state index in [4.69, 9.17) is 0 Å². The van der Waals surface area contributed by atoms with E-state index in [0.717, 1.165) is 11.0 Å². The molecule has 0 atom stereocenters. The fourth-order valence-electron chi connectivity index (χ4n) is 3.15. The SMILES string of the molecule is c1ccc2c(c1)c1cccc3c4ncncc4n2c13. The van der Waals surface area contributed by atoms with Crippen molar-refractivity contribution in [3.05, 3.63) is 55.0 Å². The molecule has 0 fully saturated rings. The van der Waals surface area contributed by atoms with Gasteiger partial charge in [0.1, 0.15) is 6.33 Å². The van der Waals surface area contributed by atoms with E-state index >= 15 is 0 Å². The Morgan fingerprint density at radius 3 is 2.63 bits per heavy atom. The maximum Gasteiger partial charge on any atom is 0.116 e. The van der Waals surface area contributed by atoms with Crippen LogP contribution in [0.1, 0.15) is 0 Å². The predicted molar refractivity (Wildman–Crippen MR) is 76.7 cm³/mol. The summed E-state index contributed by atoms with van der Waals surface area (Å²) >= 11 is 0. The number of rotatable bonds is 0. The third-order valence-electron chi connectivity index (χ3n) is 3.88. The molecule has 88 valence electrons. The zero-order chi connectivity index (χ0) is 12.4. The summed E-state index contributed by atoms with van der Waals surface area (Å²) in [4.78, 5) is 8.63. The van der Waals surface area contributed by atoms with E-state index in [9.17, 15) is 0 Å². The van der Waals surface area contributed by atoms with Crippen LogP contribution in [0.2, 0.25) is 0 Å². The van der Waals surface area contributed by atoms with Gasteiger partial charge >= 0.3 is 0 Å². The maximum atomic E-state index is 4.45. The summed E-state index contributed by atoms with van der Waals surface area (Å²) < 4.78 is 2.27. The van der Waals surface area contributed by atoms with Crippen molar-refractivity contribution in [1.82, 2.24) is 14.4 Å². The van der Waals surface area contributed by atoms with E-state index in [1.807, 2.05) is 6.20 Å². The summed E-state index contributed by atoms with van der Waals surface area (Å²) in [5, 5.41) is 3.77. The topological polar surface area (TPSA) is 30.2 Å². The quantitative estimate of drug-likeness (QED) is 0.416. The van der Waals surface area contributed by atoms with Crippen LogP contribution in [0.3, 0.4) is 0 Å². The second-order valence-corrected chi connectivity index (χ2v) is 4.81. The average molecular weight is 243 g/mol. The minimum absolute atomic E-state index is 1.03. The molecule has 0 aliphatic carbocycles. The van der Waals surface area contributed by atoms with Gasteiger partial charge in [0.15, 0.2) is 0 Å². The summed E-state index contributed by atoms with van der Waals surface area (Å²) in [6, 6.07) is 14.9. The Morgan fingerprint density at radius 2 is 1.63 bits per heavy atom. The first kappa shape index (κ1) is 9.28. The number of benzene rings is 2. The van der Waals surface area contributed by atoms with Gasteiger partial charge in [0, 0.05) is 16.2 Å². The van der Waals surface area contributed by atoms with Crippen molar-refractivity contribution in [2.45, 2.75) is 0 Å². The van der Waals surface area contributed by atoms with E-state index in [-0.39, 0.29) is 0 Å². The van der Waals surface area contributed by atoms with Crippen molar-refractivity contribution < 1.29 is 0 Å². The van der Waals surface area contributed by atoms with E-state index in [1.165, 1.54) is 27.2 Å². The van der Waals surface area contributed by atoms with Crippen molar-refractivity contribution in [1.29, 1.82) is 0 Å². The van der Waals surface area contributed by atoms with Crippen LogP contribution < -0.4 is 0 Å². The van der Waals surface area contributed by atoms with E-state index < -0.39 is 0 Å². The summed E-state index contributed by atoms with van der Waals surface area (Å²) in [5.41, 5.74) is 4.58. The number of fused-ring (bicyclic) bond motifs is 6. The average Bonchev–Trinajstić information content (AvgIpc) is 2.99. The molecule has 3 aromatic heterocycles. The van der Waals surface area contributed by atoms with Crippen LogP contribution >= 0.6 is 0 Å². The number of para-hydroxylation sites is 2. The van der Waals surface area contributed by atoms with Crippen LogP contribution in [-0.4, -0.2) is 14.4 Å². The van der Waals surface area contributed by atoms with Gasteiger partial charge in [-0.1, -0.05) is 36.4 Å². The zero-order valence-corrected chi connectivity index (χ0v) is 10.0. The molecule has 0 amide bonds. The highest BCUT2D eigenvalue weighted by Crippen LogP contribution is 2.37. The number of hydrogen-bond donors (Lipinski definition) is 0. The van der Waals surface area contributed by atoms with E-state index in [1.54, 1.807) is 6.33 Å². The lowest BCUT2D eigenvalue weighted by atomic mass is 10.1.